The Bertz CT molecular complexity index is 621. The number of imidazole rings is 1. The van der Waals surface area contributed by atoms with Crippen molar-refractivity contribution in [2.24, 2.45) is 0 Å². The molecule has 0 atom stereocenters. The molecule has 6 nitrogen and oxygen atoms in total. The molecule has 1 aromatic carbocycles. The smallest absolute Gasteiger partial charge is 0.305 e. The van der Waals surface area contributed by atoms with Crippen LogP contribution in [0.25, 0.3) is 11.0 Å². The van der Waals surface area contributed by atoms with E-state index in [-0.39, 0.29) is 18.4 Å². The lowest BCUT2D eigenvalue weighted by Gasteiger charge is -2.06. The van der Waals surface area contributed by atoms with E-state index in [4.69, 9.17) is 4.74 Å². The molecule has 6 heteroatoms. The van der Waals surface area contributed by atoms with Gasteiger partial charge in [0.2, 0.25) is 5.91 Å². The van der Waals surface area contributed by atoms with Crippen LogP contribution in [0, 0.1) is 0 Å². The zero-order valence-electron chi connectivity index (χ0n) is 12.0. The van der Waals surface area contributed by atoms with Gasteiger partial charge < -0.3 is 14.6 Å². The monoisotopic (exact) mass is 289 g/mol. The molecule has 2 aromatic rings. The Kier molecular flexibility index (Phi) is 5.31. The Labute approximate surface area is 123 Å². The summed E-state index contributed by atoms with van der Waals surface area (Å²) in [6.07, 6.45) is 2.56. The Morgan fingerprint density at radius 3 is 2.95 bits per heavy atom. The summed E-state index contributed by atoms with van der Waals surface area (Å²) >= 11 is 0. The van der Waals surface area contributed by atoms with Gasteiger partial charge in [-0.2, -0.15) is 0 Å². The summed E-state index contributed by atoms with van der Waals surface area (Å²) in [5.74, 6) is -0.325. The van der Waals surface area contributed by atoms with Gasteiger partial charge >= 0.3 is 5.97 Å². The average Bonchev–Trinajstić information content (AvgIpc) is 2.87. The maximum Gasteiger partial charge on any atom is 0.305 e. The van der Waals surface area contributed by atoms with Crippen molar-refractivity contribution in [2.75, 3.05) is 13.2 Å². The minimum absolute atomic E-state index is 0.0954. The summed E-state index contributed by atoms with van der Waals surface area (Å²) in [5, 5.41) is 2.79. The molecular formula is C15H19N3O3. The average molecular weight is 289 g/mol. The van der Waals surface area contributed by atoms with Crippen LogP contribution in [0.15, 0.2) is 30.6 Å². The third-order valence-corrected chi connectivity index (χ3v) is 3.03. The highest BCUT2D eigenvalue weighted by molar-refractivity contribution is 5.80. The first-order valence-electron chi connectivity index (χ1n) is 7.03. The van der Waals surface area contributed by atoms with Gasteiger partial charge in [0.1, 0.15) is 6.54 Å². The summed E-state index contributed by atoms with van der Waals surface area (Å²) in [4.78, 5) is 27.2. The molecule has 1 N–H and O–H groups in total. The molecule has 2 rings (SSSR count). The van der Waals surface area contributed by atoms with Crippen molar-refractivity contribution in [1.82, 2.24) is 14.9 Å². The minimum Gasteiger partial charge on any atom is -0.466 e. The van der Waals surface area contributed by atoms with Crippen LogP contribution in [0.2, 0.25) is 0 Å². The number of rotatable bonds is 7. The molecule has 1 amide bonds. The minimum atomic E-state index is -0.229. The van der Waals surface area contributed by atoms with Crippen LogP contribution in [0.1, 0.15) is 19.8 Å². The third-order valence-electron chi connectivity index (χ3n) is 3.03. The summed E-state index contributed by atoms with van der Waals surface area (Å²) in [7, 11) is 0. The van der Waals surface area contributed by atoms with Gasteiger partial charge in [-0.05, 0) is 25.5 Å². The number of ether oxygens (including phenoxy) is 1. The van der Waals surface area contributed by atoms with Crippen LogP contribution in [-0.4, -0.2) is 34.6 Å². The zero-order chi connectivity index (χ0) is 15.1. The van der Waals surface area contributed by atoms with Gasteiger partial charge in [-0.25, -0.2) is 4.98 Å². The van der Waals surface area contributed by atoms with Crippen LogP contribution in [0.5, 0.6) is 0 Å². The molecule has 1 heterocycles. The molecule has 0 fully saturated rings. The molecule has 0 spiro atoms. The Morgan fingerprint density at radius 1 is 1.33 bits per heavy atom. The molecule has 21 heavy (non-hydrogen) atoms. The maximum absolute atomic E-state index is 11.8. The lowest BCUT2D eigenvalue weighted by atomic mass is 10.3. The molecule has 0 radical (unpaired) electrons. The standard InChI is InChI=1S/C15H19N3O3/c1-2-21-15(20)8-5-9-16-14(19)10-18-11-17-12-6-3-4-7-13(12)18/h3-4,6-7,11H,2,5,8-10H2,1H3,(H,16,19). The number of hydrogen-bond acceptors (Lipinski definition) is 4. The van der Waals surface area contributed by atoms with Crippen molar-refractivity contribution in [3.63, 3.8) is 0 Å². The number of benzene rings is 1. The van der Waals surface area contributed by atoms with Crippen LogP contribution >= 0.6 is 0 Å². The van der Waals surface area contributed by atoms with E-state index in [9.17, 15) is 9.59 Å². The first-order chi connectivity index (χ1) is 10.2. The van der Waals surface area contributed by atoms with Gasteiger partial charge in [-0.15, -0.1) is 0 Å². The number of carbonyl (C=O) groups excluding carboxylic acids is 2. The molecule has 0 bridgehead atoms. The van der Waals surface area contributed by atoms with Crippen molar-refractivity contribution in [2.45, 2.75) is 26.3 Å². The fraction of sp³-hybridized carbons (Fsp3) is 0.400. The third kappa shape index (κ3) is 4.30. The second-order valence-electron chi connectivity index (χ2n) is 4.62. The summed E-state index contributed by atoms with van der Waals surface area (Å²) in [5.41, 5.74) is 1.80. The van der Waals surface area contributed by atoms with Gasteiger partial charge in [-0.3, -0.25) is 9.59 Å². The topological polar surface area (TPSA) is 73.2 Å². The highest BCUT2D eigenvalue weighted by atomic mass is 16.5. The Balaban J connectivity index is 1.76. The quantitative estimate of drug-likeness (QED) is 0.619. The number of nitrogens with one attached hydrogen (secondary N) is 1. The number of amides is 1. The number of aromatic nitrogens is 2. The van der Waals surface area contributed by atoms with Crippen molar-refractivity contribution < 1.29 is 14.3 Å². The van der Waals surface area contributed by atoms with Crippen LogP contribution in [0.3, 0.4) is 0 Å². The van der Waals surface area contributed by atoms with Crippen molar-refractivity contribution in [1.29, 1.82) is 0 Å². The second kappa shape index (κ2) is 7.42. The van der Waals surface area contributed by atoms with E-state index in [0.717, 1.165) is 11.0 Å². The fourth-order valence-electron chi connectivity index (χ4n) is 2.04. The molecule has 0 unspecified atom stereocenters. The van der Waals surface area contributed by atoms with Gasteiger partial charge in [0.05, 0.1) is 24.0 Å². The first kappa shape index (κ1) is 15.0. The van der Waals surface area contributed by atoms with E-state index in [1.807, 2.05) is 24.3 Å². The summed E-state index contributed by atoms with van der Waals surface area (Å²) in [6.45, 7) is 2.85. The number of para-hydroxylation sites is 2. The van der Waals surface area contributed by atoms with Gasteiger partial charge in [0.15, 0.2) is 0 Å². The van der Waals surface area contributed by atoms with E-state index in [0.29, 0.717) is 26.0 Å². The largest absolute Gasteiger partial charge is 0.466 e. The van der Waals surface area contributed by atoms with E-state index in [1.54, 1.807) is 17.8 Å². The zero-order valence-corrected chi connectivity index (χ0v) is 12.0. The Hall–Kier alpha value is -2.37. The van der Waals surface area contributed by atoms with E-state index in [2.05, 4.69) is 10.3 Å². The van der Waals surface area contributed by atoms with Crippen molar-refractivity contribution >= 4 is 22.9 Å². The SMILES string of the molecule is CCOC(=O)CCCNC(=O)Cn1cnc2ccccc21. The highest BCUT2D eigenvalue weighted by Gasteiger charge is 2.07. The van der Waals surface area contributed by atoms with E-state index >= 15 is 0 Å². The second-order valence-corrected chi connectivity index (χ2v) is 4.62. The van der Waals surface area contributed by atoms with Crippen LogP contribution in [-0.2, 0) is 20.9 Å². The van der Waals surface area contributed by atoms with Gasteiger partial charge in [0, 0.05) is 13.0 Å². The molecule has 0 saturated heterocycles. The van der Waals surface area contributed by atoms with Crippen molar-refractivity contribution in [3.8, 4) is 0 Å². The fourth-order valence-corrected chi connectivity index (χ4v) is 2.04. The van der Waals surface area contributed by atoms with Crippen molar-refractivity contribution in [3.05, 3.63) is 30.6 Å². The predicted molar refractivity (Wildman–Crippen MR) is 78.6 cm³/mol. The molecule has 0 aliphatic carbocycles. The number of hydrogen-bond donors (Lipinski definition) is 1. The molecule has 112 valence electrons. The first-order valence-corrected chi connectivity index (χ1v) is 7.03. The lowest BCUT2D eigenvalue weighted by molar-refractivity contribution is -0.143. The predicted octanol–water partition coefficient (Wildman–Crippen LogP) is 1.50. The normalized spacial score (nSPS) is 10.5. The maximum atomic E-state index is 11.8. The molecule has 1 aromatic heterocycles. The van der Waals surface area contributed by atoms with Gasteiger partial charge in [0.25, 0.3) is 0 Å². The molecular weight excluding hydrogens is 270 g/mol. The van der Waals surface area contributed by atoms with Crippen LogP contribution in [0.4, 0.5) is 0 Å². The summed E-state index contributed by atoms with van der Waals surface area (Å²) in [6, 6.07) is 7.66. The summed E-state index contributed by atoms with van der Waals surface area (Å²) < 4.78 is 6.62. The number of carbonyl (C=O) groups is 2. The van der Waals surface area contributed by atoms with E-state index < -0.39 is 0 Å². The number of esters is 1. The highest BCUT2D eigenvalue weighted by Crippen LogP contribution is 2.11. The molecule has 0 aliphatic heterocycles. The molecule has 0 aliphatic rings. The van der Waals surface area contributed by atoms with Crippen LogP contribution < -0.4 is 5.32 Å². The lowest BCUT2D eigenvalue weighted by Crippen LogP contribution is -2.28. The van der Waals surface area contributed by atoms with E-state index in [1.165, 1.54) is 0 Å². The van der Waals surface area contributed by atoms with Gasteiger partial charge in [-0.1, -0.05) is 12.1 Å². The number of nitrogens with zero attached hydrogens (tertiary/aromatic N) is 2. The number of fused-ring (bicyclic) bond motifs is 1. The molecule has 0 saturated carbocycles. The Morgan fingerprint density at radius 2 is 2.14 bits per heavy atom.